The number of hydrogen-bond acceptors (Lipinski definition) is 4. The minimum atomic E-state index is -0.590. The van der Waals surface area contributed by atoms with Gasteiger partial charge in [0.05, 0.1) is 0 Å². The molecule has 0 bridgehead atoms. The summed E-state index contributed by atoms with van der Waals surface area (Å²) < 4.78 is 4.29. The third-order valence-corrected chi connectivity index (χ3v) is 0.622. The summed E-state index contributed by atoms with van der Waals surface area (Å²) in [6.07, 6.45) is 0. The highest BCUT2D eigenvalue weighted by Gasteiger charge is 2.26. The van der Waals surface area contributed by atoms with Crippen molar-refractivity contribution in [3.05, 3.63) is 0 Å². The fraction of sp³-hybridized carbons (Fsp3) is 1.00. The first-order valence-electron chi connectivity index (χ1n) is 1.30. The molecule has 0 aromatic heterocycles. The second kappa shape index (κ2) is 1.82. The molecule has 1 aliphatic rings. The SMILES string of the molecule is OPOC1OO1. The first kappa shape index (κ1) is 4.43. The van der Waals surface area contributed by atoms with Gasteiger partial charge in [0.25, 0.3) is 0 Å². The topological polar surface area (TPSA) is 54.5 Å². The summed E-state index contributed by atoms with van der Waals surface area (Å²) in [7, 11) is -0.549. The highest BCUT2D eigenvalue weighted by molar-refractivity contribution is 7.24. The van der Waals surface area contributed by atoms with E-state index in [1.807, 2.05) is 0 Å². The molecule has 1 heterocycles. The first-order chi connectivity index (χ1) is 2.93. The van der Waals surface area contributed by atoms with Crippen molar-refractivity contribution >= 4 is 9.03 Å². The summed E-state index contributed by atoms with van der Waals surface area (Å²) in [5, 5.41) is 0. The molecule has 0 aliphatic carbocycles. The van der Waals surface area contributed by atoms with Crippen LogP contribution in [0.15, 0.2) is 0 Å². The van der Waals surface area contributed by atoms with Gasteiger partial charge in [-0.2, -0.15) is 9.78 Å². The lowest BCUT2D eigenvalue weighted by molar-refractivity contribution is 0.0850. The van der Waals surface area contributed by atoms with Gasteiger partial charge in [0.1, 0.15) is 0 Å². The summed E-state index contributed by atoms with van der Waals surface area (Å²) in [6, 6.07) is 0. The second-order valence-electron chi connectivity index (χ2n) is 0.690. The maximum atomic E-state index is 7.92. The molecule has 6 heavy (non-hydrogen) atoms. The van der Waals surface area contributed by atoms with E-state index in [0.29, 0.717) is 0 Å². The lowest BCUT2D eigenvalue weighted by Gasteiger charge is -1.80. The Morgan fingerprint density at radius 3 is 2.50 bits per heavy atom. The molecule has 1 rings (SSSR count). The van der Waals surface area contributed by atoms with Gasteiger partial charge in [0.2, 0.25) is 0 Å². The molecule has 1 unspecified atom stereocenters. The van der Waals surface area contributed by atoms with Crippen molar-refractivity contribution in [2.75, 3.05) is 0 Å². The van der Waals surface area contributed by atoms with E-state index in [9.17, 15) is 0 Å². The molecule has 0 saturated carbocycles. The van der Waals surface area contributed by atoms with Crippen LogP contribution in [0.2, 0.25) is 0 Å². The summed E-state index contributed by atoms with van der Waals surface area (Å²) in [5.41, 5.74) is 0. The summed E-state index contributed by atoms with van der Waals surface area (Å²) in [5.74, 6) is 0. The molecule has 0 amide bonds. The smallest absolute Gasteiger partial charge is 0.334 e. The Morgan fingerprint density at radius 1 is 1.67 bits per heavy atom. The quantitative estimate of drug-likeness (QED) is 0.302. The molecule has 4 nitrogen and oxygen atoms in total. The van der Waals surface area contributed by atoms with Gasteiger partial charge in [0.15, 0.2) is 9.03 Å². The second-order valence-corrected chi connectivity index (χ2v) is 1.11. The average Bonchev–Trinajstić information content (AvgIpc) is 2.21. The molecule has 36 valence electrons. The van der Waals surface area contributed by atoms with Crippen molar-refractivity contribution in [1.29, 1.82) is 0 Å². The first-order valence-corrected chi connectivity index (χ1v) is 2.16. The van der Waals surface area contributed by atoms with Crippen molar-refractivity contribution in [2.45, 2.75) is 6.48 Å². The molecule has 1 saturated heterocycles. The Labute approximate surface area is 35.9 Å². The zero-order valence-electron chi connectivity index (χ0n) is 2.75. The van der Waals surface area contributed by atoms with Crippen LogP contribution >= 0.6 is 9.03 Å². The monoisotopic (exact) mass is 110 g/mol. The van der Waals surface area contributed by atoms with Crippen LogP contribution in [0.4, 0.5) is 0 Å². The predicted molar refractivity (Wildman–Crippen MR) is 17.6 cm³/mol. The van der Waals surface area contributed by atoms with Crippen molar-refractivity contribution in [2.24, 2.45) is 0 Å². The third-order valence-electron chi connectivity index (χ3n) is 0.324. The van der Waals surface area contributed by atoms with Gasteiger partial charge in [-0.3, -0.25) is 4.52 Å². The van der Waals surface area contributed by atoms with Gasteiger partial charge < -0.3 is 4.89 Å². The Hall–Kier alpha value is 0.270. The van der Waals surface area contributed by atoms with E-state index in [0.717, 1.165) is 0 Å². The lowest BCUT2D eigenvalue weighted by atomic mass is 11.4. The van der Waals surface area contributed by atoms with Crippen LogP contribution in [-0.4, -0.2) is 11.4 Å². The Morgan fingerprint density at radius 2 is 2.33 bits per heavy atom. The van der Waals surface area contributed by atoms with E-state index in [1.165, 1.54) is 0 Å². The van der Waals surface area contributed by atoms with Crippen LogP contribution in [0.5, 0.6) is 0 Å². The molecule has 0 aromatic rings. The molecule has 1 N–H and O–H groups in total. The fourth-order valence-corrected chi connectivity index (χ4v) is 0.270. The van der Waals surface area contributed by atoms with Gasteiger partial charge in [-0.15, -0.1) is 0 Å². The largest absolute Gasteiger partial charge is 0.352 e. The Balaban J connectivity index is 1.88. The molecule has 0 radical (unpaired) electrons. The maximum absolute atomic E-state index is 7.92. The van der Waals surface area contributed by atoms with Crippen LogP contribution in [-0.2, 0) is 14.3 Å². The van der Waals surface area contributed by atoms with E-state index in [4.69, 9.17) is 4.89 Å². The molecular weight excluding hydrogens is 107 g/mol. The molecule has 0 spiro atoms. The van der Waals surface area contributed by atoms with Crippen molar-refractivity contribution in [3.63, 3.8) is 0 Å². The fourth-order valence-electron chi connectivity index (χ4n) is 0.105. The standard InChI is InChI=1S/CH3O4P/c2-6-5-1-3-4-1/h1-2,6H. The van der Waals surface area contributed by atoms with Gasteiger partial charge in [-0.05, 0) is 0 Å². The molecule has 1 fully saturated rings. The molecule has 1 atom stereocenters. The number of rotatable bonds is 2. The predicted octanol–water partition coefficient (Wildman–Crippen LogP) is -0.251. The summed E-state index contributed by atoms with van der Waals surface area (Å²) in [4.78, 5) is 16.1. The molecule has 0 aromatic carbocycles. The van der Waals surface area contributed by atoms with Crippen LogP contribution < -0.4 is 0 Å². The van der Waals surface area contributed by atoms with E-state index in [2.05, 4.69) is 14.3 Å². The van der Waals surface area contributed by atoms with Gasteiger partial charge in [-0.25, -0.2) is 0 Å². The molecule has 5 heteroatoms. The summed E-state index contributed by atoms with van der Waals surface area (Å²) >= 11 is 0. The van der Waals surface area contributed by atoms with Crippen LogP contribution in [0.1, 0.15) is 0 Å². The molecule has 1 aliphatic heterocycles. The minimum Gasteiger partial charge on any atom is -0.352 e. The lowest BCUT2D eigenvalue weighted by Crippen LogP contribution is -1.78. The van der Waals surface area contributed by atoms with E-state index < -0.39 is 15.5 Å². The summed E-state index contributed by atoms with van der Waals surface area (Å²) in [6.45, 7) is -0.590. The highest BCUT2D eigenvalue weighted by atomic mass is 31.1. The normalized spacial score (nSPS) is 23.5. The van der Waals surface area contributed by atoms with Crippen LogP contribution in [0, 0.1) is 0 Å². The van der Waals surface area contributed by atoms with E-state index in [1.54, 1.807) is 0 Å². The minimum absolute atomic E-state index is 0.549. The maximum Gasteiger partial charge on any atom is 0.334 e. The van der Waals surface area contributed by atoms with Gasteiger partial charge in [0, 0.05) is 0 Å². The van der Waals surface area contributed by atoms with Gasteiger partial charge >= 0.3 is 6.48 Å². The zero-order valence-corrected chi connectivity index (χ0v) is 3.75. The van der Waals surface area contributed by atoms with E-state index >= 15 is 0 Å². The van der Waals surface area contributed by atoms with Gasteiger partial charge in [-0.1, -0.05) is 0 Å². The average molecular weight is 110 g/mol. The van der Waals surface area contributed by atoms with Crippen LogP contribution in [0.25, 0.3) is 0 Å². The van der Waals surface area contributed by atoms with Crippen molar-refractivity contribution < 1.29 is 19.2 Å². The van der Waals surface area contributed by atoms with Crippen molar-refractivity contribution in [3.8, 4) is 0 Å². The van der Waals surface area contributed by atoms with Crippen molar-refractivity contribution in [1.82, 2.24) is 0 Å². The third kappa shape index (κ3) is 1.16. The van der Waals surface area contributed by atoms with Crippen LogP contribution in [0.3, 0.4) is 0 Å². The highest BCUT2D eigenvalue weighted by Crippen LogP contribution is 2.20. The zero-order chi connectivity index (χ0) is 4.41. The molecular formula is CH3O4P. The number of hydrogen-bond donors (Lipinski definition) is 1. The van der Waals surface area contributed by atoms with E-state index in [-0.39, 0.29) is 0 Å². The Bertz CT molecular complexity index is 42.8. The Kier molecular flexibility index (Phi) is 1.34.